The smallest absolute Gasteiger partial charge is 0.153 e. The number of benzene rings is 2. The summed E-state index contributed by atoms with van der Waals surface area (Å²) in [6.45, 7) is -0.0749. The molecule has 0 spiro atoms. The molecule has 0 N–H and O–H groups in total. The number of ether oxygens (including phenoxy) is 2. The molecule has 0 radical (unpaired) electrons. The highest BCUT2D eigenvalue weighted by Crippen LogP contribution is 2.24. The predicted octanol–water partition coefficient (Wildman–Crippen LogP) is 3.10. The molecule has 0 saturated heterocycles. The Balaban J connectivity index is 2.21. The molecule has 0 heterocycles. The lowest BCUT2D eigenvalue weighted by Crippen LogP contribution is -2.02. The van der Waals surface area contributed by atoms with Gasteiger partial charge in [0, 0.05) is 5.56 Å². The van der Waals surface area contributed by atoms with Crippen LogP contribution in [-0.2, 0) is 6.61 Å². The van der Waals surface area contributed by atoms with Crippen LogP contribution in [0.3, 0.4) is 0 Å². The van der Waals surface area contributed by atoms with E-state index in [1.807, 2.05) is 0 Å². The van der Waals surface area contributed by atoms with E-state index >= 15 is 0 Å². The van der Waals surface area contributed by atoms with Crippen molar-refractivity contribution in [2.24, 2.45) is 0 Å². The number of rotatable bonds is 5. The Morgan fingerprint density at radius 2 is 2.14 bits per heavy atom. The highest BCUT2D eigenvalue weighted by molar-refractivity contribution is 5.80. The highest BCUT2D eigenvalue weighted by Gasteiger charge is 2.10. The van der Waals surface area contributed by atoms with E-state index in [1.165, 1.54) is 25.3 Å². The van der Waals surface area contributed by atoms with Crippen LogP contribution in [0.4, 0.5) is 4.39 Å². The van der Waals surface area contributed by atoms with Crippen molar-refractivity contribution in [3.63, 3.8) is 0 Å². The van der Waals surface area contributed by atoms with Gasteiger partial charge in [-0.1, -0.05) is 12.1 Å². The number of nitriles is 1. The molecule has 106 valence electrons. The minimum absolute atomic E-state index is 0.0403. The van der Waals surface area contributed by atoms with Crippen molar-refractivity contribution in [3.8, 4) is 17.6 Å². The maximum absolute atomic E-state index is 13.9. The lowest BCUT2D eigenvalue weighted by Gasteiger charge is -2.10. The molecule has 0 unspecified atom stereocenters. The average molecular weight is 285 g/mol. The summed E-state index contributed by atoms with van der Waals surface area (Å²) in [5.41, 5.74) is 0.523. The second kappa shape index (κ2) is 6.53. The van der Waals surface area contributed by atoms with E-state index in [1.54, 1.807) is 24.3 Å². The Hall–Kier alpha value is -2.87. The van der Waals surface area contributed by atoms with Crippen molar-refractivity contribution in [2.75, 3.05) is 7.11 Å². The number of halogens is 1. The van der Waals surface area contributed by atoms with E-state index in [-0.39, 0.29) is 17.7 Å². The van der Waals surface area contributed by atoms with Crippen LogP contribution in [-0.4, -0.2) is 13.4 Å². The fourth-order valence-electron chi connectivity index (χ4n) is 1.81. The molecule has 0 aliphatic heterocycles. The van der Waals surface area contributed by atoms with Gasteiger partial charge in [0.15, 0.2) is 6.29 Å². The summed E-state index contributed by atoms with van der Waals surface area (Å²) < 4.78 is 24.4. The number of aldehydes is 1. The van der Waals surface area contributed by atoms with E-state index < -0.39 is 5.82 Å². The van der Waals surface area contributed by atoms with E-state index in [2.05, 4.69) is 0 Å². The summed E-state index contributed by atoms with van der Waals surface area (Å²) >= 11 is 0. The molecule has 21 heavy (non-hydrogen) atoms. The zero-order chi connectivity index (χ0) is 15.2. The maximum atomic E-state index is 13.9. The van der Waals surface area contributed by atoms with Crippen molar-refractivity contribution >= 4 is 6.29 Å². The van der Waals surface area contributed by atoms with E-state index in [4.69, 9.17) is 14.7 Å². The molecule has 2 aromatic carbocycles. The van der Waals surface area contributed by atoms with Gasteiger partial charge in [-0.15, -0.1) is 0 Å². The highest BCUT2D eigenvalue weighted by atomic mass is 19.1. The lowest BCUT2D eigenvalue weighted by atomic mass is 10.1. The zero-order valence-electron chi connectivity index (χ0n) is 11.3. The Kier molecular flexibility index (Phi) is 4.52. The summed E-state index contributed by atoms with van der Waals surface area (Å²) in [5.74, 6) is 0.246. The van der Waals surface area contributed by atoms with Gasteiger partial charge in [-0.3, -0.25) is 4.79 Å². The van der Waals surface area contributed by atoms with Gasteiger partial charge in [-0.2, -0.15) is 5.26 Å². The van der Waals surface area contributed by atoms with Gasteiger partial charge >= 0.3 is 0 Å². The second-order valence-electron chi connectivity index (χ2n) is 4.20. The Labute approximate surface area is 121 Å². The van der Waals surface area contributed by atoms with Crippen molar-refractivity contribution in [2.45, 2.75) is 6.61 Å². The number of nitrogens with zero attached hydrogens (tertiary/aromatic N) is 1. The SMILES string of the molecule is COc1ccc(OCc2cccc(C#N)c2F)c(C=O)c1. The third-order valence-electron chi connectivity index (χ3n) is 2.93. The standard InChI is InChI=1S/C16H12FNO3/c1-20-14-5-6-15(13(7-14)9-19)21-10-12-4-2-3-11(8-18)16(12)17/h2-7,9H,10H2,1H3. The van der Waals surface area contributed by atoms with Gasteiger partial charge in [0.2, 0.25) is 0 Å². The zero-order valence-corrected chi connectivity index (χ0v) is 11.3. The Morgan fingerprint density at radius 1 is 1.33 bits per heavy atom. The largest absolute Gasteiger partial charge is 0.497 e. The van der Waals surface area contributed by atoms with Crippen LogP contribution < -0.4 is 9.47 Å². The molecule has 0 saturated carbocycles. The fourth-order valence-corrected chi connectivity index (χ4v) is 1.81. The number of carbonyl (C=O) groups is 1. The summed E-state index contributed by atoms with van der Waals surface area (Å²) in [6.07, 6.45) is 0.639. The first-order valence-electron chi connectivity index (χ1n) is 6.13. The second-order valence-corrected chi connectivity index (χ2v) is 4.20. The van der Waals surface area contributed by atoms with Crippen LogP contribution >= 0.6 is 0 Å². The van der Waals surface area contributed by atoms with E-state index in [9.17, 15) is 9.18 Å². The van der Waals surface area contributed by atoms with Crippen LogP contribution in [0.1, 0.15) is 21.5 Å². The minimum Gasteiger partial charge on any atom is -0.497 e. The number of hydrogen-bond acceptors (Lipinski definition) is 4. The van der Waals surface area contributed by atoms with E-state index in [0.29, 0.717) is 23.3 Å². The third-order valence-corrected chi connectivity index (χ3v) is 2.93. The van der Waals surface area contributed by atoms with Gasteiger partial charge in [-0.25, -0.2) is 4.39 Å². The molecule has 0 bridgehead atoms. The van der Waals surface area contributed by atoms with Gasteiger partial charge in [0.1, 0.15) is 30.0 Å². The molecule has 0 amide bonds. The monoisotopic (exact) mass is 285 g/mol. The molecule has 0 fully saturated rings. The van der Waals surface area contributed by atoms with Crippen LogP contribution in [0.5, 0.6) is 11.5 Å². The van der Waals surface area contributed by atoms with Crippen LogP contribution in [0.2, 0.25) is 0 Å². The maximum Gasteiger partial charge on any atom is 0.153 e. The summed E-state index contributed by atoms with van der Waals surface area (Å²) in [5, 5.41) is 8.78. The van der Waals surface area contributed by atoms with Crippen LogP contribution in [0.25, 0.3) is 0 Å². The molecule has 2 aromatic rings. The van der Waals surface area contributed by atoms with Crippen LogP contribution in [0.15, 0.2) is 36.4 Å². The molecule has 0 aromatic heterocycles. The van der Waals surface area contributed by atoms with E-state index in [0.717, 1.165) is 0 Å². The molecule has 2 rings (SSSR count). The van der Waals surface area contributed by atoms with Crippen LogP contribution in [0, 0.1) is 17.1 Å². The number of carbonyl (C=O) groups excluding carboxylic acids is 1. The first kappa shape index (κ1) is 14.5. The molecule has 0 atom stereocenters. The topological polar surface area (TPSA) is 59.3 Å². The van der Waals surface area contributed by atoms with Crippen molar-refractivity contribution in [3.05, 3.63) is 58.9 Å². The first-order valence-corrected chi connectivity index (χ1v) is 6.13. The molecule has 5 heteroatoms. The predicted molar refractivity (Wildman–Crippen MR) is 73.8 cm³/mol. The summed E-state index contributed by atoms with van der Waals surface area (Å²) in [7, 11) is 1.49. The minimum atomic E-state index is -0.610. The normalized spacial score (nSPS) is 9.76. The van der Waals surface area contributed by atoms with Gasteiger partial charge in [0.05, 0.1) is 18.2 Å². The van der Waals surface area contributed by atoms with Gasteiger partial charge in [0.25, 0.3) is 0 Å². The number of methoxy groups -OCH3 is 1. The van der Waals surface area contributed by atoms with Crippen molar-refractivity contribution < 1.29 is 18.7 Å². The lowest BCUT2D eigenvalue weighted by molar-refractivity contribution is 0.111. The summed E-state index contributed by atoms with van der Waals surface area (Å²) in [4.78, 5) is 11.0. The van der Waals surface area contributed by atoms with Gasteiger partial charge < -0.3 is 9.47 Å². The average Bonchev–Trinajstić information content (AvgIpc) is 2.53. The molecule has 0 aliphatic rings. The first-order chi connectivity index (χ1) is 10.2. The third kappa shape index (κ3) is 3.18. The molecular formula is C16H12FNO3. The molecule has 0 aliphatic carbocycles. The van der Waals surface area contributed by atoms with Crippen molar-refractivity contribution in [1.29, 1.82) is 5.26 Å². The Bertz CT molecular complexity index is 707. The van der Waals surface area contributed by atoms with Crippen molar-refractivity contribution in [1.82, 2.24) is 0 Å². The Morgan fingerprint density at radius 3 is 2.81 bits per heavy atom. The van der Waals surface area contributed by atoms with Gasteiger partial charge in [-0.05, 0) is 24.3 Å². The summed E-state index contributed by atoms with van der Waals surface area (Å²) in [6, 6.07) is 11.0. The number of hydrogen-bond donors (Lipinski definition) is 0. The fraction of sp³-hybridized carbons (Fsp3) is 0.125. The quantitative estimate of drug-likeness (QED) is 0.792. The molecule has 4 nitrogen and oxygen atoms in total. The molecular weight excluding hydrogens is 273 g/mol.